The molecule has 2 heterocycles. The van der Waals surface area contributed by atoms with E-state index in [1.807, 2.05) is 24.3 Å². The molecule has 0 fully saturated rings. The highest BCUT2D eigenvalue weighted by Crippen LogP contribution is 2.19. The molecule has 0 radical (unpaired) electrons. The second-order valence-corrected chi connectivity index (χ2v) is 2.94. The molecule has 0 aliphatic carbocycles. The minimum Gasteiger partial charge on any atom is -0.344 e. The first kappa shape index (κ1) is 8.65. The number of hydrogen-bond acceptors (Lipinski definition) is 3. The van der Waals surface area contributed by atoms with Gasteiger partial charge < -0.3 is 11.1 Å². The molecule has 0 aliphatic rings. The number of benzene rings is 1. The van der Waals surface area contributed by atoms with E-state index in [0.29, 0.717) is 0 Å². The fraction of sp³-hybridized carbons (Fsp3) is 0. The first-order valence-electron chi connectivity index (χ1n) is 4.12. The van der Waals surface area contributed by atoms with Crippen LogP contribution in [-0.4, -0.2) is 15.0 Å². The Balaban J connectivity index is 0.000000750. The van der Waals surface area contributed by atoms with Gasteiger partial charge in [0.25, 0.3) is 0 Å². The van der Waals surface area contributed by atoms with Gasteiger partial charge in [-0.3, -0.25) is 4.98 Å². The van der Waals surface area contributed by atoms with Crippen molar-refractivity contribution in [1.82, 2.24) is 21.1 Å². The molecule has 2 aromatic heterocycles. The summed E-state index contributed by atoms with van der Waals surface area (Å²) in [4.78, 5) is 11.6. The molecule has 0 aliphatic heterocycles. The van der Waals surface area contributed by atoms with Crippen molar-refractivity contribution in [2.75, 3.05) is 0 Å². The SMILES string of the molecule is N.c1cnc2c(c1)ccc1nc[nH]c12. The van der Waals surface area contributed by atoms with Crippen LogP contribution in [0.1, 0.15) is 0 Å². The van der Waals surface area contributed by atoms with Gasteiger partial charge in [0.05, 0.1) is 22.9 Å². The van der Waals surface area contributed by atoms with Gasteiger partial charge in [-0.2, -0.15) is 0 Å². The highest BCUT2D eigenvalue weighted by molar-refractivity contribution is 6.01. The molecule has 3 aromatic rings. The number of nitrogens with one attached hydrogen (secondary N) is 1. The van der Waals surface area contributed by atoms with E-state index in [-0.39, 0.29) is 6.15 Å². The van der Waals surface area contributed by atoms with Gasteiger partial charge in [-0.25, -0.2) is 4.98 Å². The van der Waals surface area contributed by atoms with Crippen LogP contribution in [0.4, 0.5) is 0 Å². The number of hydrogen-bond donors (Lipinski definition) is 2. The van der Waals surface area contributed by atoms with Gasteiger partial charge in [0.15, 0.2) is 0 Å². The van der Waals surface area contributed by atoms with E-state index in [1.165, 1.54) is 0 Å². The summed E-state index contributed by atoms with van der Waals surface area (Å²) in [5.41, 5.74) is 2.96. The van der Waals surface area contributed by atoms with Crippen molar-refractivity contribution in [1.29, 1.82) is 0 Å². The monoisotopic (exact) mass is 186 g/mol. The standard InChI is InChI=1S/C10H7N3.H3N/c1-2-7-3-4-8-10(13-6-12-8)9(7)11-5-1;/h1-6H,(H,12,13);1H3. The minimum atomic E-state index is 0. The zero-order valence-electron chi connectivity index (χ0n) is 7.57. The fourth-order valence-corrected chi connectivity index (χ4v) is 1.55. The van der Waals surface area contributed by atoms with Crippen LogP contribution >= 0.6 is 0 Å². The molecule has 14 heavy (non-hydrogen) atoms. The van der Waals surface area contributed by atoms with Crippen molar-refractivity contribution >= 4 is 21.9 Å². The van der Waals surface area contributed by atoms with Gasteiger partial charge in [-0.1, -0.05) is 12.1 Å². The van der Waals surface area contributed by atoms with Crippen molar-refractivity contribution in [3.05, 3.63) is 36.8 Å². The molecule has 0 bridgehead atoms. The Morgan fingerprint density at radius 3 is 2.93 bits per heavy atom. The number of pyridine rings is 1. The van der Waals surface area contributed by atoms with E-state index in [2.05, 4.69) is 15.0 Å². The van der Waals surface area contributed by atoms with Crippen molar-refractivity contribution in [2.45, 2.75) is 0 Å². The van der Waals surface area contributed by atoms with Gasteiger partial charge in [-0.05, 0) is 12.1 Å². The topological polar surface area (TPSA) is 76.6 Å². The number of H-pyrrole nitrogens is 1. The fourth-order valence-electron chi connectivity index (χ4n) is 1.55. The molecular formula is C10H10N4. The van der Waals surface area contributed by atoms with Crippen molar-refractivity contribution in [2.24, 2.45) is 0 Å². The Bertz CT molecular complexity index is 570. The summed E-state index contributed by atoms with van der Waals surface area (Å²) in [7, 11) is 0. The smallest absolute Gasteiger partial charge is 0.0959 e. The first-order chi connectivity index (χ1) is 6.45. The third-order valence-electron chi connectivity index (χ3n) is 2.17. The highest BCUT2D eigenvalue weighted by Gasteiger charge is 2.01. The molecule has 0 unspecified atom stereocenters. The lowest BCUT2D eigenvalue weighted by molar-refractivity contribution is 1.34. The Morgan fingerprint density at radius 1 is 1.07 bits per heavy atom. The van der Waals surface area contributed by atoms with Crippen LogP contribution in [0, 0.1) is 0 Å². The molecule has 0 amide bonds. The van der Waals surface area contributed by atoms with Crippen molar-refractivity contribution < 1.29 is 0 Å². The maximum Gasteiger partial charge on any atom is 0.0959 e. The summed E-state index contributed by atoms with van der Waals surface area (Å²) in [6.07, 6.45) is 3.49. The molecule has 0 spiro atoms. The normalized spacial score (nSPS) is 10.3. The summed E-state index contributed by atoms with van der Waals surface area (Å²) < 4.78 is 0. The molecule has 4 heteroatoms. The lowest BCUT2D eigenvalue weighted by Crippen LogP contribution is -1.79. The van der Waals surface area contributed by atoms with Crippen LogP contribution in [0.2, 0.25) is 0 Å². The number of aromatic amines is 1. The second kappa shape index (κ2) is 3.08. The van der Waals surface area contributed by atoms with E-state index >= 15 is 0 Å². The average molecular weight is 186 g/mol. The highest BCUT2D eigenvalue weighted by atomic mass is 14.9. The lowest BCUT2D eigenvalue weighted by atomic mass is 10.2. The van der Waals surface area contributed by atoms with Crippen LogP contribution in [0.15, 0.2) is 36.8 Å². The summed E-state index contributed by atoms with van der Waals surface area (Å²) >= 11 is 0. The lowest BCUT2D eigenvalue weighted by Gasteiger charge is -1.95. The summed E-state index contributed by atoms with van der Waals surface area (Å²) in [6, 6.07) is 8.01. The Kier molecular flexibility index (Phi) is 1.90. The molecule has 1 aromatic carbocycles. The van der Waals surface area contributed by atoms with E-state index in [9.17, 15) is 0 Å². The molecule has 0 atom stereocenters. The molecule has 4 nitrogen and oxygen atoms in total. The number of rotatable bonds is 0. The van der Waals surface area contributed by atoms with Crippen LogP contribution in [-0.2, 0) is 0 Å². The zero-order chi connectivity index (χ0) is 8.67. The second-order valence-electron chi connectivity index (χ2n) is 2.94. The van der Waals surface area contributed by atoms with E-state index in [0.717, 1.165) is 21.9 Å². The third-order valence-corrected chi connectivity index (χ3v) is 2.17. The maximum absolute atomic E-state index is 4.31. The van der Waals surface area contributed by atoms with Gasteiger partial charge in [0.2, 0.25) is 0 Å². The molecular weight excluding hydrogens is 176 g/mol. The largest absolute Gasteiger partial charge is 0.344 e. The predicted molar refractivity (Wildman–Crippen MR) is 56.4 cm³/mol. The quantitative estimate of drug-likeness (QED) is 0.565. The number of aromatic nitrogens is 3. The first-order valence-corrected chi connectivity index (χ1v) is 4.12. The molecule has 70 valence electrons. The van der Waals surface area contributed by atoms with Crippen molar-refractivity contribution in [3.63, 3.8) is 0 Å². The van der Waals surface area contributed by atoms with E-state index < -0.39 is 0 Å². The van der Waals surface area contributed by atoms with E-state index in [1.54, 1.807) is 12.5 Å². The molecule has 0 saturated heterocycles. The van der Waals surface area contributed by atoms with Crippen LogP contribution in [0.25, 0.3) is 21.9 Å². The summed E-state index contributed by atoms with van der Waals surface area (Å²) in [5, 5.41) is 1.14. The number of fused-ring (bicyclic) bond motifs is 3. The van der Waals surface area contributed by atoms with Crippen LogP contribution in [0.3, 0.4) is 0 Å². The van der Waals surface area contributed by atoms with Crippen LogP contribution < -0.4 is 6.15 Å². The predicted octanol–water partition coefficient (Wildman–Crippen LogP) is 2.27. The maximum atomic E-state index is 4.31. The van der Waals surface area contributed by atoms with Gasteiger partial charge >= 0.3 is 0 Å². The number of imidazole rings is 1. The Labute approximate surface area is 80.6 Å². The van der Waals surface area contributed by atoms with Crippen LogP contribution in [0.5, 0.6) is 0 Å². The third kappa shape index (κ3) is 1.05. The minimum absolute atomic E-state index is 0. The molecule has 3 rings (SSSR count). The Hall–Kier alpha value is -1.94. The Morgan fingerprint density at radius 2 is 2.00 bits per heavy atom. The summed E-state index contributed by atoms with van der Waals surface area (Å²) in [5.74, 6) is 0. The zero-order valence-corrected chi connectivity index (χ0v) is 7.57. The van der Waals surface area contributed by atoms with Gasteiger partial charge in [0, 0.05) is 11.6 Å². The molecule has 0 saturated carbocycles. The van der Waals surface area contributed by atoms with Crippen molar-refractivity contribution in [3.8, 4) is 0 Å². The van der Waals surface area contributed by atoms with Gasteiger partial charge in [-0.15, -0.1) is 0 Å². The summed E-state index contributed by atoms with van der Waals surface area (Å²) in [6.45, 7) is 0. The van der Waals surface area contributed by atoms with E-state index in [4.69, 9.17) is 0 Å². The molecule has 4 N–H and O–H groups in total. The van der Waals surface area contributed by atoms with Gasteiger partial charge in [0.1, 0.15) is 0 Å². The average Bonchev–Trinajstić information content (AvgIpc) is 2.65. The number of nitrogens with zero attached hydrogens (tertiary/aromatic N) is 2.